The largest absolute Gasteiger partial charge is 0.356 e. The molecule has 0 fully saturated rings. The van der Waals surface area contributed by atoms with Crippen LogP contribution in [0.3, 0.4) is 0 Å². The Balaban J connectivity index is 2.31. The number of nitrogens with one attached hydrogen (secondary N) is 1. The van der Waals surface area contributed by atoms with Crippen LogP contribution >= 0.6 is 0 Å². The van der Waals surface area contributed by atoms with Gasteiger partial charge < -0.3 is 15.6 Å². The summed E-state index contributed by atoms with van der Waals surface area (Å²) in [5.74, 6) is 0.273. The molecule has 0 heterocycles. The van der Waals surface area contributed by atoms with Gasteiger partial charge in [-0.1, -0.05) is 36.4 Å². The molecule has 4 heteroatoms. The number of nitrogens with two attached hydrogens (primary N) is 1. The van der Waals surface area contributed by atoms with Crippen molar-refractivity contribution in [2.45, 2.75) is 12.8 Å². The predicted molar refractivity (Wildman–Crippen MR) is 72.8 cm³/mol. The third-order valence-corrected chi connectivity index (χ3v) is 2.65. The van der Waals surface area contributed by atoms with Gasteiger partial charge in [-0.15, -0.1) is 6.58 Å². The lowest BCUT2D eigenvalue weighted by atomic mass is 9.99. The predicted octanol–water partition coefficient (Wildman–Crippen LogP) is 0.872. The average molecular weight is 250 g/mol. The van der Waals surface area contributed by atoms with E-state index in [1.165, 1.54) is 5.56 Å². The molecule has 1 rings (SSSR count). The van der Waals surface area contributed by atoms with E-state index in [-0.39, 0.29) is 5.92 Å². The second-order valence-electron chi connectivity index (χ2n) is 4.17. The second-order valence-corrected chi connectivity index (χ2v) is 4.17. The van der Waals surface area contributed by atoms with E-state index in [1.54, 1.807) is 6.08 Å². The van der Waals surface area contributed by atoms with Crippen molar-refractivity contribution in [1.29, 1.82) is 0 Å². The second kappa shape index (κ2) is 8.83. The molecule has 4 N–H and O–H groups in total. The van der Waals surface area contributed by atoms with E-state index in [0.29, 0.717) is 19.7 Å². The third kappa shape index (κ3) is 5.93. The zero-order valence-electron chi connectivity index (χ0n) is 10.6. The molecule has 1 unspecified atom stereocenters. The molecule has 0 bridgehead atoms. The van der Waals surface area contributed by atoms with E-state index in [4.69, 9.17) is 10.5 Å². The van der Waals surface area contributed by atoms with Crippen LogP contribution in [0.15, 0.2) is 43.0 Å². The van der Waals surface area contributed by atoms with Gasteiger partial charge >= 0.3 is 0 Å². The van der Waals surface area contributed by atoms with E-state index in [1.807, 2.05) is 18.2 Å². The highest BCUT2D eigenvalue weighted by Crippen LogP contribution is 2.07. The Bertz CT molecular complexity index is 330. The maximum Gasteiger partial charge on any atom is 0.213 e. The number of hydrogen-bond donors (Lipinski definition) is 3. The summed E-state index contributed by atoms with van der Waals surface area (Å²) in [6, 6.07) is 10.2. The highest BCUT2D eigenvalue weighted by atomic mass is 16.6. The molecule has 0 aliphatic carbocycles. The first-order valence-corrected chi connectivity index (χ1v) is 6.14. The molecule has 0 saturated heterocycles. The molecule has 0 aromatic heterocycles. The number of benzene rings is 1. The van der Waals surface area contributed by atoms with Crippen molar-refractivity contribution >= 4 is 0 Å². The molecular weight excluding hydrogens is 228 g/mol. The van der Waals surface area contributed by atoms with Crippen LogP contribution in [0.4, 0.5) is 0 Å². The van der Waals surface area contributed by atoms with Gasteiger partial charge in [0.15, 0.2) is 0 Å². The molecule has 1 aromatic carbocycles. The minimum Gasteiger partial charge on any atom is -0.356 e. The molecule has 0 radical (unpaired) electrons. The fourth-order valence-corrected chi connectivity index (χ4v) is 1.67. The van der Waals surface area contributed by atoms with Crippen LogP contribution in [-0.2, 0) is 11.2 Å². The number of ether oxygens (including phenoxy) is 1. The van der Waals surface area contributed by atoms with Crippen molar-refractivity contribution in [3.63, 3.8) is 0 Å². The Kier molecular flexibility index (Phi) is 7.29. The number of aliphatic hydroxyl groups is 1. The van der Waals surface area contributed by atoms with Gasteiger partial charge in [0.25, 0.3) is 0 Å². The normalized spacial score (nSPS) is 14.1. The fourth-order valence-electron chi connectivity index (χ4n) is 1.67. The molecule has 18 heavy (non-hydrogen) atoms. The van der Waals surface area contributed by atoms with Crippen molar-refractivity contribution in [3.05, 3.63) is 48.6 Å². The molecule has 1 aromatic rings. The summed E-state index contributed by atoms with van der Waals surface area (Å²) in [4.78, 5) is 0. The van der Waals surface area contributed by atoms with Crippen molar-refractivity contribution in [3.8, 4) is 0 Å². The maximum absolute atomic E-state index is 9.47. The lowest BCUT2D eigenvalue weighted by molar-refractivity contribution is -0.112. The standard InChI is InChI=1S/C14H22N2O2/c1-2-8-18-14(17)16-11-13(10-15)9-12-6-4-3-5-7-12/h2-7,13-14,16-17H,1,8-11,15H2/t13-,14?/m1/s1. The van der Waals surface area contributed by atoms with Crippen LogP contribution in [-0.4, -0.2) is 31.2 Å². The summed E-state index contributed by atoms with van der Waals surface area (Å²) in [7, 11) is 0. The van der Waals surface area contributed by atoms with Gasteiger partial charge in [0.2, 0.25) is 6.41 Å². The van der Waals surface area contributed by atoms with Crippen molar-refractivity contribution in [2.24, 2.45) is 11.7 Å². The van der Waals surface area contributed by atoms with Crippen LogP contribution in [0.2, 0.25) is 0 Å². The van der Waals surface area contributed by atoms with E-state index >= 15 is 0 Å². The van der Waals surface area contributed by atoms with Gasteiger partial charge in [-0.2, -0.15) is 0 Å². The summed E-state index contributed by atoms with van der Waals surface area (Å²) in [6.45, 7) is 5.02. The summed E-state index contributed by atoms with van der Waals surface area (Å²) < 4.78 is 5.02. The Morgan fingerprint density at radius 2 is 2.11 bits per heavy atom. The molecule has 0 aliphatic rings. The van der Waals surface area contributed by atoms with E-state index in [0.717, 1.165) is 6.42 Å². The summed E-state index contributed by atoms with van der Waals surface area (Å²) in [6.07, 6.45) is 1.51. The number of rotatable bonds is 9. The molecule has 0 amide bonds. The minimum absolute atomic E-state index is 0.273. The molecule has 0 spiro atoms. The van der Waals surface area contributed by atoms with Gasteiger partial charge in [0.05, 0.1) is 6.61 Å². The Morgan fingerprint density at radius 3 is 2.72 bits per heavy atom. The van der Waals surface area contributed by atoms with Crippen molar-refractivity contribution in [1.82, 2.24) is 5.32 Å². The first kappa shape index (κ1) is 14.9. The average Bonchev–Trinajstić information content (AvgIpc) is 2.42. The van der Waals surface area contributed by atoms with Crippen LogP contribution in [0.1, 0.15) is 5.56 Å². The van der Waals surface area contributed by atoms with Gasteiger partial charge in [0, 0.05) is 6.54 Å². The zero-order chi connectivity index (χ0) is 13.2. The highest BCUT2D eigenvalue weighted by Gasteiger charge is 2.10. The first-order chi connectivity index (χ1) is 8.76. The Labute approximate surface area is 108 Å². The SMILES string of the molecule is C=CCOC(O)NC[C@@H](CN)Cc1ccccc1. The lowest BCUT2D eigenvalue weighted by Gasteiger charge is -2.18. The van der Waals surface area contributed by atoms with Gasteiger partial charge in [-0.25, -0.2) is 0 Å². The zero-order valence-corrected chi connectivity index (χ0v) is 10.6. The van der Waals surface area contributed by atoms with Crippen molar-refractivity contribution in [2.75, 3.05) is 19.7 Å². The van der Waals surface area contributed by atoms with Crippen molar-refractivity contribution < 1.29 is 9.84 Å². The topological polar surface area (TPSA) is 67.5 Å². The van der Waals surface area contributed by atoms with E-state index < -0.39 is 6.41 Å². The van der Waals surface area contributed by atoms with Gasteiger partial charge in [0.1, 0.15) is 0 Å². The molecule has 0 saturated carbocycles. The monoisotopic (exact) mass is 250 g/mol. The molecule has 4 nitrogen and oxygen atoms in total. The molecular formula is C14H22N2O2. The summed E-state index contributed by atoms with van der Waals surface area (Å²) >= 11 is 0. The third-order valence-electron chi connectivity index (χ3n) is 2.65. The van der Waals surface area contributed by atoms with Gasteiger partial charge in [-0.3, -0.25) is 5.32 Å². The highest BCUT2D eigenvalue weighted by molar-refractivity contribution is 5.15. The van der Waals surface area contributed by atoms with E-state index in [9.17, 15) is 5.11 Å². The van der Waals surface area contributed by atoms with Crippen LogP contribution < -0.4 is 11.1 Å². The summed E-state index contributed by atoms with van der Waals surface area (Å²) in [5, 5.41) is 12.4. The van der Waals surface area contributed by atoms with E-state index in [2.05, 4.69) is 24.0 Å². The molecule has 0 aliphatic heterocycles. The minimum atomic E-state index is -0.965. The first-order valence-electron chi connectivity index (χ1n) is 6.14. The summed E-state index contributed by atoms with van der Waals surface area (Å²) in [5.41, 5.74) is 6.97. The fraction of sp³-hybridized carbons (Fsp3) is 0.429. The van der Waals surface area contributed by atoms with Crippen LogP contribution in [0.5, 0.6) is 0 Å². The lowest BCUT2D eigenvalue weighted by Crippen LogP contribution is -2.38. The Hall–Kier alpha value is -1.20. The number of aliphatic hydroxyl groups excluding tert-OH is 1. The molecule has 2 atom stereocenters. The Morgan fingerprint density at radius 1 is 1.39 bits per heavy atom. The number of hydrogen-bond acceptors (Lipinski definition) is 4. The smallest absolute Gasteiger partial charge is 0.213 e. The van der Waals surface area contributed by atoms with Crippen LogP contribution in [0.25, 0.3) is 0 Å². The molecule has 100 valence electrons. The maximum atomic E-state index is 9.47. The van der Waals surface area contributed by atoms with Crippen LogP contribution in [0, 0.1) is 5.92 Å². The quantitative estimate of drug-likeness (QED) is 0.449. The van der Waals surface area contributed by atoms with Gasteiger partial charge in [-0.05, 0) is 24.4 Å².